The molecular formula is C12H18N2O2. The summed E-state index contributed by atoms with van der Waals surface area (Å²) < 4.78 is 5.54. The van der Waals surface area contributed by atoms with Crippen molar-refractivity contribution in [3.05, 3.63) is 29.8 Å². The Morgan fingerprint density at radius 3 is 2.62 bits per heavy atom. The van der Waals surface area contributed by atoms with Crippen molar-refractivity contribution in [2.45, 2.75) is 26.7 Å². The molecule has 2 N–H and O–H groups in total. The van der Waals surface area contributed by atoms with Crippen LogP contribution in [0, 0.1) is 0 Å². The third-order valence-electron chi connectivity index (χ3n) is 2.26. The number of rotatable bonds is 6. The Morgan fingerprint density at radius 2 is 2.06 bits per heavy atom. The fourth-order valence-electron chi connectivity index (χ4n) is 1.27. The molecule has 0 aliphatic rings. The van der Waals surface area contributed by atoms with Crippen molar-refractivity contribution in [3.8, 4) is 5.75 Å². The molecule has 0 unspecified atom stereocenters. The summed E-state index contributed by atoms with van der Waals surface area (Å²) in [5.74, 6) is 0.863. The average molecular weight is 222 g/mol. The van der Waals surface area contributed by atoms with Gasteiger partial charge in [0.15, 0.2) is 0 Å². The van der Waals surface area contributed by atoms with Gasteiger partial charge in [-0.2, -0.15) is 10.7 Å². The Kier molecular flexibility index (Phi) is 5.36. The van der Waals surface area contributed by atoms with Gasteiger partial charge >= 0.3 is 0 Å². The summed E-state index contributed by atoms with van der Waals surface area (Å²) in [6, 6.07) is 7.64. The molecule has 4 heteroatoms. The number of ether oxygens (including phenoxy) is 1. The molecule has 1 aromatic carbocycles. The average Bonchev–Trinajstić information content (AvgIpc) is 2.30. The van der Waals surface area contributed by atoms with E-state index in [0.29, 0.717) is 0 Å². The standard InChI is InChI=1S/C12H18N2O2/c1-3-4-9-16-12-7-5-11(6-8-12)10(2)13-14-15/h5-8,14-15H,3-4,9H2,1-2H3/b13-10+. The minimum Gasteiger partial charge on any atom is -0.494 e. The van der Waals surface area contributed by atoms with Crippen LogP contribution in [-0.2, 0) is 0 Å². The van der Waals surface area contributed by atoms with Gasteiger partial charge in [0.1, 0.15) is 5.75 Å². The van der Waals surface area contributed by atoms with Gasteiger partial charge in [0.25, 0.3) is 0 Å². The highest BCUT2D eigenvalue weighted by Crippen LogP contribution is 2.13. The van der Waals surface area contributed by atoms with Crippen molar-refractivity contribution in [1.82, 2.24) is 5.59 Å². The number of benzene rings is 1. The summed E-state index contributed by atoms with van der Waals surface area (Å²) in [5.41, 5.74) is 3.45. The van der Waals surface area contributed by atoms with Gasteiger partial charge in [-0.15, -0.1) is 0 Å². The molecule has 4 nitrogen and oxygen atoms in total. The summed E-state index contributed by atoms with van der Waals surface area (Å²) in [7, 11) is 0. The van der Waals surface area contributed by atoms with Crippen molar-refractivity contribution in [1.29, 1.82) is 0 Å². The largest absolute Gasteiger partial charge is 0.494 e. The van der Waals surface area contributed by atoms with Crippen LogP contribution < -0.4 is 10.3 Å². The van der Waals surface area contributed by atoms with Crippen LogP contribution in [0.25, 0.3) is 0 Å². The summed E-state index contributed by atoms with van der Waals surface area (Å²) in [6.45, 7) is 4.70. The molecule has 0 atom stereocenters. The number of unbranched alkanes of at least 4 members (excludes halogenated alkanes) is 1. The third kappa shape index (κ3) is 3.90. The molecule has 16 heavy (non-hydrogen) atoms. The fourth-order valence-corrected chi connectivity index (χ4v) is 1.27. The van der Waals surface area contributed by atoms with Crippen LogP contribution in [0.15, 0.2) is 29.4 Å². The Labute approximate surface area is 95.9 Å². The molecule has 0 heterocycles. The van der Waals surface area contributed by atoms with Crippen molar-refractivity contribution in [3.63, 3.8) is 0 Å². The fraction of sp³-hybridized carbons (Fsp3) is 0.417. The van der Waals surface area contributed by atoms with E-state index in [-0.39, 0.29) is 0 Å². The van der Waals surface area contributed by atoms with Crippen LogP contribution in [0.2, 0.25) is 0 Å². The Balaban J connectivity index is 2.57. The molecule has 0 aliphatic heterocycles. The van der Waals surface area contributed by atoms with Crippen LogP contribution in [0.5, 0.6) is 5.75 Å². The molecule has 0 saturated carbocycles. The third-order valence-corrected chi connectivity index (χ3v) is 2.26. The molecule has 0 bridgehead atoms. The minimum absolute atomic E-state index is 0.725. The molecule has 1 aromatic rings. The Morgan fingerprint density at radius 1 is 1.38 bits per heavy atom. The maximum Gasteiger partial charge on any atom is 0.119 e. The first-order valence-corrected chi connectivity index (χ1v) is 5.44. The van der Waals surface area contributed by atoms with Gasteiger partial charge in [0.05, 0.1) is 12.3 Å². The predicted molar refractivity (Wildman–Crippen MR) is 64.0 cm³/mol. The summed E-state index contributed by atoms with van der Waals surface area (Å²) in [6.07, 6.45) is 2.20. The van der Waals surface area contributed by atoms with Crippen LogP contribution in [0.1, 0.15) is 32.3 Å². The normalized spacial score (nSPS) is 11.3. The van der Waals surface area contributed by atoms with E-state index in [9.17, 15) is 0 Å². The van der Waals surface area contributed by atoms with Gasteiger partial charge in [-0.25, -0.2) is 0 Å². The molecule has 0 radical (unpaired) electrons. The lowest BCUT2D eigenvalue weighted by atomic mass is 10.1. The van der Waals surface area contributed by atoms with E-state index < -0.39 is 0 Å². The van der Waals surface area contributed by atoms with Crippen LogP contribution in [0.4, 0.5) is 0 Å². The second-order valence-corrected chi connectivity index (χ2v) is 3.52. The lowest BCUT2D eigenvalue weighted by Gasteiger charge is -2.06. The van der Waals surface area contributed by atoms with Crippen LogP contribution >= 0.6 is 0 Å². The number of hydrogen-bond acceptors (Lipinski definition) is 4. The first-order chi connectivity index (χ1) is 7.77. The number of hydrazone groups is 1. The van der Waals surface area contributed by atoms with E-state index >= 15 is 0 Å². The molecule has 0 fully saturated rings. The highest BCUT2D eigenvalue weighted by Gasteiger charge is 1.98. The monoisotopic (exact) mass is 222 g/mol. The summed E-state index contributed by atoms with van der Waals surface area (Å²) in [5, 5.41) is 12.1. The van der Waals surface area contributed by atoms with E-state index in [4.69, 9.17) is 9.94 Å². The SMILES string of the molecule is CCCCOc1ccc(/C(C)=N/NO)cc1. The lowest BCUT2D eigenvalue weighted by Crippen LogP contribution is -2.03. The van der Waals surface area contributed by atoms with Crippen molar-refractivity contribution < 1.29 is 9.94 Å². The Bertz CT molecular complexity index is 333. The van der Waals surface area contributed by atoms with Crippen LogP contribution in [-0.4, -0.2) is 17.5 Å². The predicted octanol–water partition coefficient (Wildman–Crippen LogP) is 2.57. The van der Waals surface area contributed by atoms with Crippen molar-refractivity contribution in [2.24, 2.45) is 5.10 Å². The molecule has 1 rings (SSSR count). The van der Waals surface area contributed by atoms with Gasteiger partial charge in [-0.3, -0.25) is 5.21 Å². The zero-order valence-corrected chi connectivity index (χ0v) is 9.73. The van der Waals surface area contributed by atoms with E-state index in [1.54, 1.807) is 5.59 Å². The number of hydrogen-bond donors (Lipinski definition) is 2. The van der Waals surface area contributed by atoms with Crippen LogP contribution in [0.3, 0.4) is 0 Å². The highest BCUT2D eigenvalue weighted by molar-refractivity contribution is 5.98. The number of nitrogens with one attached hydrogen (secondary N) is 1. The molecule has 88 valence electrons. The quantitative estimate of drug-likeness (QED) is 0.442. The molecule has 0 saturated heterocycles. The highest BCUT2D eigenvalue weighted by atomic mass is 16.5. The molecule has 0 spiro atoms. The van der Waals surface area contributed by atoms with Crippen molar-refractivity contribution >= 4 is 5.71 Å². The van der Waals surface area contributed by atoms with Gasteiger partial charge in [0, 0.05) is 0 Å². The zero-order valence-electron chi connectivity index (χ0n) is 9.73. The van der Waals surface area contributed by atoms with E-state index in [1.807, 2.05) is 31.2 Å². The summed E-state index contributed by atoms with van der Waals surface area (Å²) >= 11 is 0. The second-order valence-electron chi connectivity index (χ2n) is 3.52. The van der Waals surface area contributed by atoms with E-state index in [2.05, 4.69) is 12.0 Å². The smallest absolute Gasteiger partial charge is 0.119 e. The summed E-state index contributed by atoms with van der Waals surface area (Å²) in [4.78, 5) is 0. The zero-order chi connectivity index (χ0) is 11.8. The maximum atomic E-state index is 8.43. The first kappa shape index (κ1) is 12.5. The van der Waals surface area contributed by atoms with E-state index in [1.165, 1.54) is 0 Å². The lowest BCUT2D eigenvalue weighted by molar-refractivity contribution is 0.172. The molecule has 0 amide bonds. The molecular weight excluding hydrogens is 204 g/mol. The Hall–Kier alpha value is -1.55. The van der Waals surface area contributed by atoms with Gasteiger partial charge < -0.3 is 4.74 Å². The van der Waals surface area contributed by atoms with Gasteiger partial charge in [0.2, 0.25) is 0 Å². The topological polar surface area (TPSA) is 53.8 Å². The first-order valence-electron chi connectivity index (χ1n) is 5.44. The maximum absolute atomic E-state index is 8.43. The number of nitrogens with zero attached hydrogens (tertiary/aromatic N) is 1. The minimum atomic E-state index is 0.725. The van der Waals surface area contributed by atoms with Crippen molar-refractivity contribution in [2.75, 3.05) is 6.61 Å². The second kappa shape index (κ2) is 6.85. The molecule has 0 aliphatic carbocycles. The molecule has 0 aromatic heterocycles. The van der Waals surface area contributed by atoms with Gasteiger partial charge in [-0.05, 0) is 43.2 Å². The van der Waals surface area contributed by atoms with Gasteiger partial charge in [-0.1, -0.05) is 13.3 Å². The van der Waals surface area contributed by atoms with E-state index in [0.717, 1.165) is 36.5 Å².